The maximum absolute atomic E-state index is 13.7. The lowest BCUT2D eigenvalue weighted by atomic mass is 9.93. The number of pyridine rings is 1. The monoisotopic (exact) mass is 471 g/mol. The van der Waals surface area contributed by atoms with E-state index in [9.17, 15) is 4.79 Å². The number of nitrogens with zero attached hydrogens (tertiary/aromatic N) is 3. The molecular formula is C29H33N3O3. The molecule has 2 aliphatic heterocycles. The van der Waals surface area contributed by atoms with Gasteiger partial charge in [-0.2, -0.15) is 0 Å². The first kappa shape index (κ1) is 23.4. The molecule has 0 radical (unpaired) electrons. The van der Waals surface area contributed by atoms with E-state index >= 15 is 0 Å². The third kappa shape index (κ3) is 4.89. The molecule has 2 saturated heterocycles. The van der Waals surface area contributed by atoms with Crippen LogP contribution in [0.3, 0.4) is 0 Å². The molecule has 1 aromatic heterocycles. The van der Waals surface area contributed by atoms with Crippen LogP contribution in [-0.4, -0.2) is 62.3 Å². The number of methoxy groups -OCH3 is 1. The van der Waals surface area contributed by atoms with Crippen molar-refractivity contribution < 1.29 is 14.3 Å². The van der Waals surface area contributed by atoms with Gasteiger partial charge in [-0.1, -0.05) is 24.3 Å². The number of morpholine rings is 1. The molecule has 5 rings (SSSR count). The Morgan fingerprint density at radius 2 is 1.80 bits per heavy atom. The molecular weight excluding hydrogens is 438 g/mol. The third-order valence-corrected chi connectivity index (χ3v) is 7.17. The molecule has 0 bridgehead atoms. The Bertz CT molecular complexity index is 1190. The van der Waals surface area contributed by atoms with Gasteiger partial charge in [-0.3, -0.25) is 9.78 Å². The second-order valence-corrected chi connectivity index (χ2v) is 9.29. The fourth-order valence-corrected chi connectivity index (χ4v) is 5.26. The average Bonchev–Trinajstić information content (AvgIpc) is 2.93. The molecule has 1 unspecified atom stereocenters. The Hall–Kier alpha value is -3.38. The van der Waals surface area contributed by atoms with Gasteiger partial charge in [0.05, 0.1) is 26.0 Å². The molecule has 1 atom stereocenters. The Labute approximate surface area is 207 Å². The molecule has 0 spiro atoms. The quantitative estimate of drug-likeness (QED) is 0.529. The number of ether oxygens (including phenoxy) is 2. The predicted molar refractivity (Wildman–Crippen MR) is 138 cm³/mol. The van der Waals surface area contributed by atoms with Gasteiger partial charge >= 0.3 is 0 Å². The largest absolute Gasteiger partial charge is 0.496 e. The van der Waals surface area contributed by atoms with Gasteiger partial charge in [0.2, 0.25) is 0 Å². The molecule has 6 nitrogen and oxygen atoms in total. The van der Waals surface area contributed by atoms with Gasteiger partial charge in [-0.15, -0.1) is 0 Å². The minimum atomic E-state index is 0.114. The summed E-state index contributed by atoms with van der Waals surface area (Å²) in [6.45, 7) is 6.71. The van der Waals surface area contributed by atoms with Crippen LogP contribution in [0.25, 0.3) is 11.3 Å². The summed E-state index contributed by atoms with van der Waals surface area (Å²) in [4.78, 5) is 23.0. The number of para-hydroxylation sites is 1. The van der Waals surface area contributed by atoms with E-state index in [1.165, 1.54) is 0 Å². The van der Waals surface area contributed by atoms with E-state index in [4.69, 9.17) is 14.5 Å². The van der Waals surface area contributed by atoms with Crippen LogP contribution in [0.2, 0.25) is 0 Å². The van der Waals surface area contributed by atoms with Gasteiger partial charge in [0, 0.05) is 54.6 Å². The lowest BCUT2D eigenvalue weighted by Gasteiger charge is -2.34. The normalized spacial score (nSPS) is 18.4. The zero-order chi connectivity index (χ0) is 24.2. The van der Waals surface area contributed by atoms with Crippen molar-refractivity contribution in [3.05, 3.63) is 77.5 Å². The van der Waals surface area contributed by atoms with Crippen LogP contribution < -0.4 is 9.64 Å². The Kier molecular flexibility index (Phi) is 7.00. The Morgan fingerprint density at radius 1 is 1.00 bits per heavy atom. The number of rotatable bonds is 5. The molecule has 0 aliphatic carbocycles. The highest BCUT2D eigenvalue weighted by Gasteiger charge is 2.28. The Balaban J connectivity index is 1.36. The number of carbonyl (C=O) groups excluding carboxylic acids is 1. The molecule has 3 aromatic rings. The summed E-state index contributed by atoms with van der Waals surface area (Å²) in [7, 11) is 1.68. The number of aromatic nitrogens is 1. The van der Waals surface area contributed by atoms with E-state index in [0.29, 0.717) is 6.54 Å². The highest BCUT2D eigenvalue weighted by atomic mass is 16.5. The van der Waals surface area contributed by atoms with Gasteiger partial charge in [-0.05, 0) is 61.7 Å². The zero-order valence-electron chi connectivity index (χ0n) is 20.6. The highest BCUT2D eigenvalue weighted by molar-refractivity contribution is 5.97. The standard InChI is InChI=1S/C29H33N3O3/c1-21-23(10-5-13-27(21)31-16-18-35-19-17-31)29(33)32-15-7-8-22(20-32)25-11-6-12-26(30-25)24-9-3-4-14-28(24)34-2/h3-6,9-14,22H,7-8,15-20H2,1-2H3. The van der Waals surface area contributed by atoms with Gasteiger partial charge in [0.25, 0.3) is 5.91 Å². The lowest BCUT2D eigenvalue weighted by molar-refractivity contribution is 0.0705. The van der Waals surface area contributed by atoms with E-state index in [-0.39, 0.29) is 11.8 Å². The van der Waals surface area contributed by atoms with Crippen molar-refractivity contribution in [2.75, 3.05) is 51.4 Å². The maximum atomic E-state index is 13.7. The van der Waals surface area contributed by atoms with Crippen LogP contribution in [0.4, 0.5) is 5.69 Å². The topological polar surface area (TPSA) is 54.9 Å². The minimum Gasteiger partial charge on any atom is -0.496 e. The van der Waals surface area contributed by atoms with Crippen LogP contribution in [-0.2, 0) is 4.74 Å². The number of likely N-dealkylation sites (tertiary alicyclic amines) is 1. The lowest BCUT2D eigenvalue weighted by Crippen LogP contribution is -2.40. The van der Waals surface area contributed by atoms with E-state index in [1.54, 1.807) is 7.11 Å². The molecule has 182 valence electrons. The summed E-state index contributed by atoms with van der Waals surface area (Å²) in [6.07, 6.45) is 2.00. The SMILES string of the molecule is COc1ccccc1-c1cccc(C2CCCN(C(=O)c3cccc(N4CCOCC4)c3C)C2)n1. The van der Waals surface area contributed by atoms with Gasteiger partial charge in [0.1, 0.15) is 5.75 Å². The predicted octanol–water partition coefficient (Wildman–Crippen LogP) is 4.92. The highest BCUT2D eigenvalue weighted by Crippen LogP contribution is 2.32. The summed E-state index contributed by atoms with van der Waals surface area (Å²) in [5, 5.41) is 0. The first-order valence-electron chi connectivity index (χ1n) is 12.5. The molecule has 35 heavy (non-hydrogen) atoms. The molecule has 6 heteroatoms. The van der Waals surface area contributed by atoms with Crippen molar-refractivity contribution in [3.63, 3.8) is 0 Å². The maximum Gasteiger partial charge on any atom is 0.254 e. The minimum absolute atomic E-state index is 0.114. The molecule has 2 fully saturated rings. The van der Waals surface area contributed by atoms with Crippen molar-refractivity contribution in [1.29, 1.82) is 0 Å². The van der Waals surface area contributed by atoms with Crippen LogP contribution in [0.5, 0.6) is 5.75 Å². The first-order chi connectivity index (χ1) is 17.2. The van der Waals surface area contributed by atoms with Crippen molar-refractivity contribution in [2.24, 2.45) is 0 Å². The molecule has 2 aliphatic rings. The number of anilines is 1. The van der Waals surface area contributed by atoms with E-state index in [0.717, 1.165) is 85.2 Å². The summed E-state index contributed by atoms with van der Waals surface area (Å²) in [5.41, 5.74) is 5.90. The molecule has 0 N–H and O–H groups in total. The van der Waals surface area contributed by atoms with Gasteiger partial charge in [0.15, 0.2) is 0 Å². The summed E-state index contributed by atoms with van der Waals surface area (Å²) in [6, 6.07) is 20.2. The fraction of sp³-hybridized carbons (Fsp3) is 0.379. The van der Waals surface area contributed by atoms with Crippen molar-refractivity contribution in [3.8, 4) is 17.0 Å². The third-order valence-electron chi connectivity index (χ3n) is 7.17. The molecule has 1 amide bonds. The van der Waals surface area contributed by atoms with Crippen LogP contribution in [0, 0.1) is 6.92 Å². The smallest absolute Gasteiger partial charge is 0.254 e. The number of hydrogen-bond acceptors (Lipinski definition) is 5. The zero-order valence-corrected chi connectivity index (χ0v) is 20.6. The van der Waals surface area contributed by atoms with E-state index < -0.39 is 0 Å². The molecule has 3 heterocycles. The molecule has 2 aromatic carbocycles. The second kappa shape index (κ2) is 10.5. The number of benzene rings is 2. The Morgan fingerprint density at radius 3 is 2.63 bits per heavy atom. The average molecular weight is 472 g/mol. The van der Waals surface area contributed by atoms with Crippen molar-refractivity contribution >= 4 is 11.6 Å². The van der Waals surface area contributed by atoms with E-state index in [2.05, 4.69) is 30.0 Å². The summed E-state index contributed by atoms with van der Waals surface area (Å²) < 4.78 is 11.1. The first-order valence-corrected chi connectivity index (χ1v) is 12.5. The summed E-state index contributed by atoms with van der Waals surface area (Å²) in [5.74, 6) is 1.14. The van der Waals surface area contributed by atoms with Crippen molar-refractivity contribution in [2.45, 2.75) is 25.7 Å². The summed E-state index contributed by atoms with van der Waals surface area (Å²) >= 11 is 0. The molecule has 0 saturated carbocycles. The van der Waals surface area contributed by atoms with Gasteiger partial charge in [-0.25, -0.2) is 0 Å². The number of piperidine rings is 1. The number of hydrogen-bond donors (Lipinski definition) is 0. The fourth-order valence-electron chi connectivity index (χ4n) is 5.26. The van der Waals surface area contributed by atoms with E-state index in [1.807, 2.05) is 47.4 Å². The van der Waals surface area contributed by atoms with Gasteiger partial charge < -0.3 is 19.3 Å². The number of carbonyl (C=O) groups is 1. The van der Waals surface area contributed by atoms with Crippen LogP contribution in [0.1, 0.15) is 40.4 Å². The number of amides is 1. The van der Waals surface area contributed by atoms with Crippen LogP contribution >= 0.6 is 0 Å². The van der Waals surface area contributed by atoms with Crippen LogP contribution in [0.15, 0.2) is 60.7 Å². The van der Waals surface area contributed by atoms with Crippen molar-refractivity contribution in [1.82, 2.24) is 9.88 Å². The second-order valence-electron chi connectivity index (χ2n) is 9.29.